The van der Waals surface area contributed by atoms with Crippen molar-refractivity contribution >= 4 is 17.2 Å². The molecule has 0 fully saturated rings. The number of hydrogen-bond acceptors (Lipinski definition) is 5. The molecule has 1 aliphatic rings. The zero-order valence-electron chi connectivity index (χ0n) is 13.0. The van der Waals surface area contributed by atoms with E-state index in [2.05, 4.69) is 11.4 Å². The lowest BCUT2D eigenvalue weighted by molar-refractivity contribution is -0.166. The molecule has 0 saturated heterocycles. The second-order valence-electron chi connectivity index (χ2n) is 5.12. The van der Waals surface area contributed by atoms with E-state index in [4.69, 9.17) is 14.6 Å². The van der Waals surface area contributed by atoms with Crippen LogP contribution in [0.4, 0.5) is 0 Å². The van der Waals surface area contributed by atoms with Crippen LogP contribution >= 0.6 is 11.3 Å². The number of aliphatic hydroxyl groups excluding tert-OH is 1. The van der Waals surface area contributed by atoms with Gasteiger partial charge < -0.3 is 19.9 Å². The second-order valence-corrected chi connectivity index (χ2v) is 6.10. The van der Waals surface area contributed by atoms with E-state index in [1.54, 1.807) is 18.4 Å². The normalized spacial score (nSPS) is 24.5. The molecule has 5 nitrogen and oxygen atoms in total. The quantitative estimate of drug-likeness (QED) is 0.807. The number of carbonyl (C=O) groups is 1. The molecule has 0 aromatic carbocycles. The molecular weight excluding hydrogens is 302 g/mol. The number of aliphatic hydroxyl groups is 1. The second kappa shape index (κ2) is 8.31. The van der Waals surface area contributed by atoms with Crippen LogP contribution < -0.4 is 5.32 Å². The van der Waals surface area contributed by atoms with E-state index in [0.717, 1.165) is 6.42 Å². The number of likely N-dealkylation sites (N-methyl/N-ethyl adjacent to an activating group) is 1. The summed E-state index contributed by atoms with van der Waals surface area (Å²) in [5, 5.41) is 13.8. The Morgan fingerprint density at radius 2 is 2.36 bits per heavy atom. The van der Waals surface area contributed by atoms with Crippen molar-refractivity contribution < 1.29 is 19.4 Å². The van der Waals surface area contributed by atoms with Gasteiger partial charge in [-0.05, 0) is 37.3 Å². The molecule has 1 aromatic rings. The summed E-state index contributed by atoms with van der Waals surface area (Å²) in [5.74, 6) is 0.203. The third-order valence-corrected chi connectivity index (χ3v) is 4.71. The van der Waals surface area contributed by atoms with Crippen LogP contribution in [0.3, 0.4) is 0 Å². The van der Waals surface area contributed by atoms with Crippen LogP contribution in [-0.2, 0) is 14.3 Å². The maximum atomic E-state index is 12.0. The minimum absolute atomic E-state index is 0.0594. The van der Waals surface area contributed by atoms with Crippen molar-refractivity contribution in [3.8, 4) is 0 Å². The standard InChI is InChI=1S/C16H23NO4S/c1-3-20-16-11(6-4-8-18)12(14-7-5-9-22-14)10-13(21-16)15(19)17-2/h5,7,9-12,16,18H,3-4,6,8H2,1-2H3,(H,17,19)/t11-,12+,16-/m0/s1. The van der Waals surface area contributed by atoms with E-state index in [-0.39, 0.29) is 24.3 Å². The molecule has 2 rings (SSSR count). The van der Waals surface area contributed by atoms with Crippen molar-refractivity contribution in [3.05, 3.63) is 34.2 Å². The van der Waals surface area contributed by atoms with Crippen LogP contribution in [0.5, 0.6) is 0 Å². The van der Waals surface area contributed by atoms with Crippen molar-refractivity contribution in [2.75, 3.05) is 20.3 Å². The first-order chi connectivity index (χ1) is 10.7. The van der Waals surface area contributed by atoms with Crippen LogP contribution in [0.15, 0.2) is 29.3 Å². The third kappa shape index (κ3) is 3.88. The first-order valence-electron chi connectivity index (χ1n) is 7.57. The molecule has 1 aliphatic heterocycles. The minimum Gasteiger partial charge on any atom is -0.459 e. The Bertz CT molecular complexity index is 500. The average molecular weight is 325 g/mol. The topological polar surface area (TPSA) is 67.8 Å². The number of hydrogen-bond donors (Lipinski definition) is 2. The number of rotatable bonds is 7. The Morgan fingerprint density at radius 1 is 1.55 bits per heavy atom. The van der Waals surface area contributed by atoms with Gasteiger partial charge in [0.2, 0.25) is 6.29 Å². The van der Waals surface area contributed by atoms with Gasteiger partial charge in [-0.15, -0.1) is 11.3 Å². The minimum atomic E-state index is -0.471. The van der Waals surface area contributed by atoms with Crippen molar-refractivity contribution in [1.82, 2.24) is 5.32 Å². The van der Waals surface area contributed by atoms with Crippen LogP contribution in [-0.4, -0.2) is 37.6 Å². The van der Waals surface area contributed by atoms with E-state index < -0.39 is 6.29 Å². The third-order valence-electron chi connectivity index (χ3n) is 3.73. The lowest BCUT2D eigenvalue weighted by Crippen LogP contribution is -2.38. The highest BCUT2D eigenvalue weighted by molar-refractivity contribution is 7.10. The number of nitrogens with one attached hydrogen (secondary N) is 1. The maximum absolute atomic E-state index is 12.0. The molecule has 0 unspecified atom stereocenters. The molecule has 0 spiro atoms. The van der Waals surface area contributed by atoms with Crippen molar-refractivity contribution in [1.29, 1.82) is 0 Å². The molecule has 1 aromatic heterocycles. The highest BCUT2D eigenvalue weighted by Gasteiger charge is 2.37. The van der Waals surface area contributed by atoms with Gasteiger partial charge in [-0.3, -0.25) is 4.79 Å². The Morgan fingerprint density at radius 3 is 2.95 bits per heavy atom. The first kappa shape index (κ1) is 17.0. The van der Waals surface area contributed by atoms with Gasteiger partial charge in [-0.1, -0.05) is 6.07 Å². The van der Waals surface area contributed by atoms with Crippen LogP contribution in [0.25, 0.3) is 0 Å². The number of amides is 1. The molecule has 6 heteroatoms. The van der Waals surface area contributed by atoms with Crippen molar-refractivity contribution in [2.24, 2.45) is 5.92 Å². The average Bonchev–Trinajstić information content (AvgIpc) is 3.06. The van der Waals surface area contributed by atoms with Crippen LogP contribution in [0.2, 0.25) is 0 Å². The summed E-state index contributed by atoms with van der Waals surface area (Å²) >= 11 is 1.66. The van der Waals surface area contributed by atoms with Crippen LogP contribution in [0, 0.1) is 5.92 Å². The molecule has 2 heterocycles. The summed E-state index contributed by atoms with van der Waals surface area (Å²) in [6.07, 6.45) is 2.87. The molecule has 3 atom stereocenters. The first-order valence-corrected chi connectivity index (χ1v) is 8.45. The smallest absolute Gasteiger partial charge is 0.285 e. The van der Waals surface area contributed by atoms with Gasteiger partial charge in [0.1, 0.15) is 0 Å². The van der Waals surface area contributed by atoms with E-state index in [1.165, 1.54) is 4.88 Å². The fraction of sp³-hybridized carbons (Fsp3) is 0.562. The number of ether oxygens (including phenoxy) is 2. The van der Waals surface area contributed by atoms with Crippen molar-refractivity contribution in [3.63, 3.8) is 0 Å². The van der Waals surface area contributed by atoms with Crippen LogP contribution in [0.1, 0.15) is 30.6 Å². The molecule has 1 amide bonds. The monoisotopic (exact) mass is 325 g/mol. The molecule has 122 valence electrons. The fourth-order valence-electron chi connectivity index (χ4n) is 2.70. The highest BCUT2D eigenvalue weighted by atomic mass is 32.1. The van der Waals surface area contributed by atoms with E-state index in [9.17, 15) is 4.79 Å². The highest BCUT2D eigenvalue weighted by Crippen LogP contribution is 2.40. The summed E-state index contributed by atoms with van der Waals surface area (Å²) in [4.78, 5) is 13.1. The number of carbonyl (C=O) groups excluding carboxylic acids is 1. The lowest BCUT2D eigenvalue weighted by atomic mass is 9.84. The van der Waals surface area contributed by atoms with E-state index in [0.29, 0.717) is 18.8 Å². The summed E-state index contributed by atoms with van der Waals surface area (Å²) in [6.45, 7) is 2.56. The van der Waals surface area contributed by atoms with Gasteiger partial charge in [0.15, 0.2) is 5.76 Å². The van der Waals surface area contributed by atoms with Gasteiger partial charge in [0, 0.05) is 37.0 Å². The maximum Gasteiger partial charge on any atom is 0.285 e. The summed E-state index contributed by atoms with van der Waals surface area (Å²) in [6, 6.07) is 4.06. The Labute approximate surface area is 134 Å². The van der Waals surface area contributed by atoms with E-state index >= 15 is 0 Å². The molecule has 0 aliphatic carbocycles. The summed E-state index contributed by atoms with van der Waals surface area (Å²) in [7, 11) is 1.58. The zero-order chi connectivity index (χ0) is 15.9. The molecule has 0 radical (unpaired) electrons. The molecular formula is C16H23NO4S. The Kier molecular flexibility index (Phi) is 6.42. The largest absolute Gasteiger partial charge is 0.459 e. The zero-order valence-corrected chi connectivity index (χ0v) is 13.8. The number of allylic oxidation sites excluding steroid dienone is 1. The summed E-state index contributed by atoms with van der Waals surface area (Å²) < 4.78 is 11.5. The van der Waals surface area contributed by atoms with Gasteiger partial charge in [-0.2, -0.15) is 0 Å². The summed E-state index contributed by atoms with van der Waals surface area (Å²) in [5.41, 5.74) is 0. The van der Waals surface area contributed by atoms with E-state index in [1.807, 2.05) is 24.4 Å². The van der Waals surface area contributed by atoms with Gasteiger partial charge in [0.05, 0.1) is 0 Å². The van der Waals surface area contributed by atoms with Gasteiger partial charge in [-0.25, -0.2) is 0 Å². The predicted molar refractivity (Wildman–Crippen MR) is 85.5 cm³/mol. The SMILES string of the molecule is CCO[C@H]1OC(C(=O)NC)=C[C@@H](c2cccs2)[C@@H]1CCCO. The van der Waals surface area contributed by atoms with Crippen molar-refractivity contribution in [2.45, 2.75) is 32.0 Å². The molecule has 2 N–H and O–H groups in total. The molecule has 0 saturated carbocycles. The lowest BCUT2D eigenvalue weighted by Gasteiger charge is -2.36. The Hall–Kier alpha value is -1.37. The Balaban J connectivity index is 2.33. The number of thiophene rings is 1. The molecule has 0 bridgehead atoms. The fourth-order valence-corrected chi connectivity index (χ4v) is 3.57. The van der Waals surface area contributed by atoms with Gasteiger partial charge in [0.25, 0.3) is 5.91 Å². The molecule has 22 heavy (non-hydrogen) atoms. The predicted octanol–water partition coefficient (Wildman–Crippen LogP) is 2.24. The van der Waals surface area contributed by atoms with Gasteiger partial charge >= 0.3 is 0 Å².